The average molecular weight is 373 g/mol. The molecule has 2 aromatic rings. The lowest BCUT2D eigenvalue weighted by Crippen LogP contribution is -2.45. The van der Waals surface area contributed by atoms with Crippen LogP contribution in [0, 0.1) is 17.6 Å². The van der Waals surface area contributed by atoms with Crippen LogP contribution in [0.5, 0.6) is 0 Å². The van der Waals surface area contributed by atoms with Gasteiger partial charge in [-0.3, -0.25) is 25.2 Å². The minimum atomic E-state index is -0.874. The van der Waals surface area contributed by atoms with Gasteiger partial charge in [0.25, 0.3) is 0 Å². The van der Waals surface area contributed by atoms with E-state index in [4.69, 9.17) is 0 Å². The molecule has 1 heterocycles. The Morgan fingerprint density at radius 2 is 1.81 bits per heavy atom. The lowest BCUT2D eigenvalue weighted by atomic mass is 10.1. The molecular formula is C19H17F2N3O3. The van der Waals surface area contributed by atoms with Crippen LogP contribution in [0.25, 0.3) is 0 Å². The molecule has 3 rings (SSSR count). The van der Waals surface area contributed by atoms with E-state index >= 15 is 0 Å². The zero-order valence-corrected chi connectivity index (χ0v) is 14.2. The number of amides is 3. The normalized spacial score (nSPS) is 16.3. The number of nitrogens with zero attached hydrogens (tertiary/aromatic N) is 1. The highest BCUT2D eigenvalue weighted by molar-refractivity contribution is 6.00. The van der Waals surface area contributed by atoms with E-state index in [1.165, 1.54) is 0 Å². The summed E-state index contributed by atoms with van der Waals surface area (Å²) in [5.41, 5.74) is 5.31. The van der Waals surface area contributed by atoms with Crippen LogP contribution in [0.4, 0.5) is 14.5 Å². The predicted octanol–water partition coefficient (Wildman–Crippen LogP) is 1.71. The molecule has 0 aromatic heterocycles. The van der Waals surface area contributed by atoms with Crippen molar-refractivity contribution in [2.24, 2.45) is 5.92 Å². The van der Waals surface area contributed by atoms with Crippen LogP contribution in [0.1, 0.15) is 12.0 Å². The van der Waals surface area contributed by atoms with E-state index < -0.39 is 35.3 Å². The second kappa shape index (κ2) is 7.94. The second-order valence-electron chi connectivity index (χ2n) is 6.20. The maximum Gasteiger partial charge on any atom is 0.243 e. The van der Waals surface area contributed by atoms with Gasteiger partial charge in [0, 0.05) is 19.0 Å². The lowest BCUT2D eigenvalue weighted by Gasteiger charge is -2.17. The smallest absolute Gasteiger partial charge is 0.243 e. The van der Waals surface area contributed by atoms with Gasteiger partial charge in [-0.05, 0) is 17.7 Å². The highest BCUT2D eigenvalue weighted by Crippen LogP contribution is 2.27. The molecule has 140 valence electrons. The maximum atomic E-state index is 13.9. The van der Waals surface area contributed by atoms with Gasteiger partial charge in [-0.2, -0.15) is 0 Å². The van der Waals surface area contributed by atoms with Gasteiger partial charge in [0.05, 0.1) is 18.0 Å². The first-order valence-corrected chi connectivity index (χ1v) is 8.32. The standard InChI is InChI=1S/C19H17F2N3O3/c20-14-6-7-16(15(21)10-14)24-11-13(9-18(24)26)19(27)23-22-17(25)8-12-4-2-1-3-5-12/h1-7,10,13H,8-9,11H2,(H,22,25)(H,23,27). The molecule has 0 saturated carbocycles. The van der Waals surface area contributed by atoms with Crippen molar-refractivity contribution in [1.82, 2.24) is 10.9 Å². The van der Waals surface area contributed by atoms with Gasteiger partial charge in [-0.15, -0.1) is 0 Å². The topological polar surface area (TPSA) is 78.5 Å². The summed E-state index contributed by atoms with van der Waals surface area (Å²) in [6.45, 7) is -0.0538. The van der Waals surface area contributed by atoms with Gasteiger partial charge in [-0.25, -0.2) is 8.78 Å². The molecule has 0 spiro atoms. The van der Waals surface area contributed by atoms with E-state index in [0.29, 0.717) is 6.07 Å². The molecule has 1 saturated heterocycles. The van der Waals surface area contributed by atoms with Crippen molar-refractivity contribution in [2.75, 3.05) is 11.4 Å². The molecule has 1 fully saturated rings. The lowest BCUT2D eigenvalue weighted by molar-refractivity contribution is -0.131. The molecule has 2 N–H and O–H groups in total. The molecule has 6 nitrogen and oxygen atoms in total. The highest BCUT2D eigenvalue weighted by Gasteiger charge is 2.36. The van der Waals surface area contributed by atoms with Crippen LogP contribution in [-0.2, 0) is 20.8 Å². The number of nitrogens with one attached hydrogen (secondary N) is 2. The number of hydrogen-bond acceptors (Lipinski definition) is 3. The summed E-state index contributed by atoms with van der Waals surface area (Å²) in [6, 6.07) is 11.9. The Morgan fingerprint density at radius 1 is 1.07 bits per heavy atom. The Bertz CT molecular complexity index is 874. The fraction of sp³-hybridized carbons (Fsp3) is 0.211. The summed E-state index contributed by atoms with van der Waals surface area (Å²) in [7, 11) is 0. The third-order valence-corrected chi connectivity index (χ3v) is 4.23. The van der Waals surface area contributed by atoms with Crippen molar-refractivity contribution in [3.05, 3.63) is 65.7 Å². The number of benzene rings is 2. The molecule has 27 heavy (non-hydrogen) atoms. The van der Waals surface area contributed by atoms with Crippen LogP contribution in [0.3, 0.4) is 0 Å². The third kappa shape index (κ3) is 4.46. The van der Waals surface area contributed by atoms with Gasteiger partial charge in [0.1, 0.15) is 11.6 Å². The van der Waals surface area contributed by atoms with Crippen molar-refractivity contribution in [3.63, 3.8) is 0 Å². The monoisotopic (exact) mass is 373 g/mol. The van der Waals surface area contributed by atoms with Crippen molar-refractivity contribution in [2.45, 2.75) is 12.8 Å². The minimum Gasteiger partial charge on any atom is -0.309 e. The molecule has 1 unspecified atom stereocenters. The molecule has 0 radical (unpaired) electrons. The van der Waals surface area contributed by atoms with E-state index in [1.54, 1.807) is 24.3 Å². The fourth-order valence-electron chi connectivity index (χ4n) is 2.88. The Kier molecular flexibility index (Phi) is 5.44. The zero-order valence-electron chi connectivity index (χ0n) is 14.2. The first-order valence-electron chi connectivity index (χ1n) is 8.32. The van der Waals surface area contributed by atoms with Gasteiger partial charge in [0.2, 0.25) is 17.7 Å². The summed E-state index contributed by atoms with van der Waals surface area (Å²) < 4.78 is 26.9. The van der Waals surface area contributed by atoms with Crippen molar-refractivity contribution in [1.29, 1.82) is 0 Å². The molecule has 2 aromatic carbocycles. The van der Waals surface area contributed by atoms with E-state index in [2.05, 4.69) is 10.9 Å². The van der Waals surface area contributed by atoms with Crippen LogP contribution in [0.15, 0.2) is 48.5 Å². The maximum absolute atomic E-state index is 13.9. The fourth-order valence-corrected chi connectivity index (χ4v) is 2.88. The number of carbonyl (C=O) groups is 3. The van der Waals surface area contributed by atoms with Crippen LogP contribution in [0.2, 0.25) is 0 Å². The number of hydrazine groups is 1. The number of halogens is 2. The average Bonchev–Trinajstić information content (AvgIpc) is 3.02. The van der Waals surface area contributed by atoms with Crippen LogP contribution >= 0.6 is 0 Å². The Morgan fingerprint density at radius 3 is 2.52 bits per heavy atom. The Labute approximate surface area is 154 Å². The number of carbonyl (C=O) groups excluding carboxylic acids is 3. The highest BCUT2D eigenvalue weighted by atomic mass is 19.1. The largest absolute Gasteiger partial charge is 0.309 e. The van der Waals surface area contributed by atoms with Gasteiger partial charge in [-0.1, -0.05) is 30.3 Å². The summed E-state index contributed by atoms with van der Waals surface area (Å²) in [5.74, 6) is -3.77. The molecular weight excluding hydrogens is 356 g/mol. The molecule has 1 aliphatic rings. The van der Waals surface area contributed by atoms with Crippen molar-refractivity contribution >= 4 is 23.4 Å². The van der Waals surface area contributed by atoms with Gasteiger partial charge < -0.3 is 4.90 Å². The number of anilines is 1. The minimum absolute atomic E-state index is 0.0538. The number of rotatable bonds is 4. The van der Waals surface area contributed by atoms with Crippen LogP contribution < -0.4 is 15.8 Å². The van der Waals surface area contributed by atoms with E-state index in [-0.39, 0.29) is 25.1 Å². The van der Waals surface area contributed by atoms with Crippen molar-refractivity contribution in [3.8, 4) is 0 Å². The van der Waals surface area contributed by atoms with Crippen molar-refractivity contribution < 1.29 is 23.2 Å². The molecule has 8 heteroatoms. The van der Waals surface area contributed by atoms with Crippen LogP contribution in [-0.4, -0.2) is 24.3 Å². The van der Waals surface area contributed by atoms with E-state index in [9.17, 15) is 23.2 Å². The Balaban J connectivity index is 1.55. The summed E-state index contributed by atoms with van der Waals surface area (Å²) >= 11 is 0. The summed E-state index contributed by atoms with van der Waals surface area (Å²) in [4.78, 5) is 37.3. The van der Waals surface area contributed by atoms with E-state index in [0.717, 1.165) is 22.6 Å². The quantitative estimate of drug-likeness (QED) is 0.801. The summed E-state index contributed by atoms with van der Waals surface area (Å²) in [5, 5.41) is 0. The molecule has 0 aliphatic carbocycles. The molecule has 1 aliphatic heterocycles. The first kappa shape index (κ1) is 18.5. The zero-order chi connectivity index (χ0) is 19.4. The predicted molar refractivity (Wildman–Crippen MR) is 93.2 cm³/mol. The summed E-state index contributed by atoms with van der Waals surface area (Å²) in [6.07, 6.45) is -0.0329. The third-order valence-electron chi connectivity index (χ3n) is 4.23. The molecule has 3 amide bonds. The van der Waals surface area contributed by atoms with Gasteiger partial charge in [0.15, 0.2) is 0 Å². The number of hydrogen-bond donors (Lipinski definition) is 2. The Hall–Kier alpha value is -3.29. The van der Waals surface area contributed by atoms with Gasteiger partial charge >= 0.3 is 0 Å². The SMILES string of the molecule is O=C(Cc1ccccc1)NNC(=O)C1CC(=O)N(c2ccc(F)cc2F)C1. The first-order chi connectivity index (χ1) is 12.9. The second-order valence-corrected chi connectivity index (χ2v) is 6.20. The molecule has 0 bridgehead atoms. The molecule has 1 atom stereocenters. The van der Waals surface area contributed by atoms with E-state index in [1.807, 2.05) is 6.07 Å².